The normalized spacial score (nSPS) is 10.9. The van der Waals surface area contributed by atoms with Gasteiger partial charge >= 0.3 is 0 Å². The van der Waals surface area contributed by atoms with Crippen LogP contribution in [0.2, 0.25) is 4.34 Å². The molecule has 0 aromatic carbocycles. The van der Waals surface area contributed by atoms with E-state index in [1.165, 1.54) is 11.3 Å². The summed E-state index contributed by atoms with van der Waals surface area (Å²) in [6.45, 7) is 0.416. The molecule has 1 amide bonds. The molecule has 0 aliphatic heterocycles. The molecule has 6 heteroatoms. The average Bonchev–Trinajstić information content (AvgIpc) is 2.96. The van der Waals surface area contributed by atoms with Crippen LogP contribution in [0.25, 0.3) is 10.2 Å². The summed E-state index contributed by atoms with van der Waals surface area (Å²) in [7, 11) is 1.86. The Morgan fingerprint density at radius 2 is 2.30 bits per heavy atom. The van der Waals surface area contributed by atoms with Gasteiger partial charge in [0.15, 0.2) is 0 Å². The summed E-state index contributed by atoms with van der Waals surface area (Å²) in [6, 6.07) is 9.36. The number of thiophene rings is 1. The molecule has 0 aliphatic carbocycles. The lowest BCUT2D eigenvalue weighted by Gasteiger charge is -2.06. The number of fused-ring (bicyclic) bond motifs is 1. The number of aromatic nitrogens is 2. The fraction of sp³-hybridized carbons (Fsp3) is 0.143. The Hall–Kier alpha value is -1.85. The minimum absolute atomic E-state index is 0.113. The van der Waals surface area contributed by atoms with Gasteiger partial charge in [0.05, 0.1) is 26.8 Å². The number of carbonyl (C=O) groups excluding carboxylic acids is 1. The van der Waals surface area contributed by atoms with Gasteiger partial charge in [-0.3, -0.25) is 9.78 Å². The van der Waals surface area contributed by atoms with Crippen molar-refractivity contribution in [1.29, 1.82) is 0 Å². The van der Waals surface area contributed by atoms with Crippen molar-refractivity contribution in [2.45, 2.75) is 6.54 Å². The van der Waals surface area contributed by atoms with Gasteiger partial charge in [-0.05, 0) is 24.3 Å². The van der Waals surface area contributed by atoms with E-state index in [4.69, 9.17) is 11.6 Å². The summed E-state index contributed by atoms with van der Waals surface area (Å²) in [5.74, 6) is -0.113. The molecule has 0 radical (unpaired) electrons. The molecule has 0 bridgehead atoms. The van der Waals surface area contributed by atoms with Crippen LogP contribution in [0, 0.1) is 0 Å². The highest BCUT2D eigenvalue weighted by molar-refractivity contribution is 7.22. The van der Waals surface area contributed by atoms with Crippen LogP contribution in [0.5, 0.6) is 0 Å². The number of carbonyl (C=O) groups is 1. The van der Waals surface area contributed by atoms with Crippen LogP contribution < -0.4 is 5.32 Å². The topological polar surface area (TPSA) is 46.9 Å². The summed E-state index contributed by atoms with van der Waals surface area (Å²) in [6.07, 6.45) is 1.71. The molecule has 102 valence electrons. The van der Waals surface area contributed by atoms with E-state index in [0.29, 0.717) is 12.2 Å². The monoisotopic (exact) mass is 305 g/mol. The summed E-state index contributed by atoms with van der Waals surface area (Å²) in [5, 5.41) is 2.87. The number of aryl methyl sites for hydroxylation is 1. The second-order valence-electron chi connectivity index (χ2n) is 4.39. The highest BCUT2D eigenvalue weighted by atomic mass is 35.5. The predicted octanol–water partition coefficient (Wildman–Crippen LogP) is 3.22. The van der Waals surface area contributed by atoms with Gasteiger partial charge in [0.2, 0.25) is 0 Å². The lowest BCUT2D eigenvalue weighted by atomic mass is 10.3. The molecule has 3 rings (SSSR count). The average molecular weight is 306 g/mol. The SMILES string of the molecule is Cn1c(C(=O)NCc2ccccn2)cc2sc(Cl)cc21. The van der Waals surface area contributed by atoms with Crippen LogP contribution >= 0.6 is 22.9 Å². The quantitative estimate of drug-likeness (QED) is 0.807. The smallest absolute Gasteiger partial charge is 0.268 e. The molecule has 4 nitrogen and oxygen atoms in total. The maximum absolute atomic E-state index is 12.2. The van der Waals surface area contributed by atoms with E-state index in [1.54, 1.807) is 6.20 Å². The molecule has 0 fully saturated rings. The first-order valence-corrected chi connectivity index (χ1v) is 7.27. The summed E-state index contributed by atoms with van der Waals surface area (Å²) in [5.41, 5.74) is 2.43. The molecule has 3 aromatic heterocycles. The summed E-state index contributed by atoms with van der Waals surface area (Å²) < 4.78 is 3.59. The molecule has 1 N–H and O–H groups in total. The Labute approximate surface area is 125 Å². The number of rotatable bonds is 3. The van der Waals surface area contributed by atoms with Crippen molar-refractivity contribution in [3.8, 4) is 0 Å². The predicted molar refractivity (Wildman–Crippen MR) is 81.2 cm³/mol. The maximum Gasteiger partial charge on any atom is 0.268 e. The number of nitrogens with one attached hydrogen (secondary N) is 1. The lowest BCUT2D eigenvalue weighted by molar-refractivity contribution is 0.0942. The van der Waals surface area contributed by atoms with Crippen LogP contribution in [-0.4, -0.2) is 15.5 Å². The van der Waals surface area contributed by atoms with Crippen molar-refractivity contribution >= 4 is 39.1 Å². The first-order valence-electron chi connectivity index (χ1n) is 6.08. The van der Waals surface area contributed by atoms with Crippen molar-refractivity contribution in [2.24, 2.45) is 7.05 Å². The van der Waals surface area contributed by atoms with E-state index < -0.39 is 0 Å². The van der Waals surface area contributed by atoms with Gasteiger partial charge in [-0.15, -0.1) is 11.3 Å². The first kappa shape index (κ1) is 13.1. The van der Waals surface area contributed by atoms with Gasteiger partial charge in [-0.25, -0.2) is 0 Å². The third-order valence-electron chi connectivity index (χ3n) is 3.09. The molecule has 0 unspecified atom stereocenters. The van der Waals surface area contributed by atoms with E-state index in [9.17, 15) is 4.79 Å². The molecule has 3 aromatic rings. The largest absolute Gasteiger partial charge is 0.345 e. The number of halogens is 1. The number of hydrogen-bond acceptors (Lipinski definition) is 3. The van der Waals surface area contributed by atoms with Crippen LogP contribution in [0.1, 0.15) is 16.2 Å². The standard InChI is InChI=1S/C14H12ClN3OS/c1-18-10-7-13(15)20-12(10)6-11(18)14(19)17-8-9-4-2-3-5-16-9/h2-7H,8H2,1H3,(H,17,19). The molecule has 20 heavy (non-hydrogen) atoms. The van der Waals surface area contributed by atoms with E-state index in [2.05, 4.69) is 10.3 Å². The third-order valence-corrected chi connectivity index (χ3v) is 4.29. The summed E-state index contributed by atoms with van der Waals surface area (Å²) >= 11 is 7.44. The molecular formula is C14H12ClN3OS. The third kappa shape index (κ3) is 2.42. The number of pyridine rings is 1. The lowest BCUT2D eigenvalue weighted by Crippen LogP contribution is -2.25. The number of hydrogen-bond donors (Lipinski definition) is 1. The van der Waals surface area contributed by atoms with Crippen molar-refractivity contribution in [3.63, 3.8) is 0 Å². The van der Waals surface area contributed by atoms with Crippen LogP contribution in [0.3, 0.4) is 0 Å². The Bertz CT molecular complexity index is 763. The van der Waals surface area contributed by atoms with E-state index in [-0.39, 0.29) is 5.91 Å². The van der Waals surface area contributed by atoms with E-state index in [1.807, 2.05) is 41.9 Å². The van der Waals surface area contributed by atoms with Gasteiger partial charge < -0.3 is 9.88 Å². The number of amides is 1. The van der Waals surface area contributed by atoms with Gasteiger partial charge in [0.1, 0.15) is 5.69 Å². The van der Waals surface area contributed by atoms with Crippen molar-refractivity contribution in [3.05, 3.63) is 52.3 Å². The second kappa shape index (κ2) is 5.26. The Morgan fingerprint density at radius 1 is 1.45 bits per heavy atom. The van der Waals surface area contributed by atoms with Crippen molar-refractivity contribution in [1.82, 2.24) is 14.9 Å². The second-order valence-corrected chi connectivity index (χ2v) is 6.11. The Kier molecular flexibility index (Phi) is 3.46. The van der Waals surface area contributed by atoms with Crippen LogP contribution in [-0.2, 0) is 13.6 Å². The fourth-order valence-corrected chi connectivity index (χ4v) is 3.27. The van der Waals surface area contributed by atoms with Gasteiger partial charge in [0, 0.05) is 13.2 Å². The van der Waals surface area contributed by atoms with Gasteiger partial charge in [-0.1, -0.05) is 17.7 Å². The van der Waals surface area contributed by atoms with Crippen LogP contribution in [0.15, 0.2) is 36.5 Å². The van der Waals surface area contributed by atoms with Crippen molar-refractivity contribution < 1.29 is 4.79 Å². The number of nitrogens with zero attached hydrogens (tertiary/aromatic N) is 2. The zero-order valence-electron chi connectivity index (χ0n) is 10.8. The minimum atomic E-state index is -0.113. The molecule has 0 atom stereocenters. The highest BCUT2D eigenvalue weighted by Gasteiger charge is 2.15. The van der Waals surface area contributed by atoms with Crippen molar-refractivity contribution in [2.75, 3.05) is 0 Å². The zero-order chi connectivity index (χ0) is 14.1. The van der Waals surface area contributed by atoms with E-state index >= 15 is 0 Å². The fourth-order valence-electron chi connectivity index (χ4n) is 2.06. The Morgan fingerprint density at radius 3 is 3.00 bits per heavy atom. The molecular weight excluding hydrogens is 294 g/mol. The highest BCUT2D eigenvalue weighted by Crippen LogP contribution is 2.31. The molecule has 0 spiro atoms. The van der Waals surface area contributed by atoms with E-state index in [0.717, 1.165) is 20.2 Å². The molecule has 0 saturated heterocycles. The van der Waals surface area contributed by atoms with Gasteiger partial charge in [0.25, 0.3) is 5.91 Å². The molecule has 0 aliphatic rings. The minimum Gasteiger partial charge on any atom is -0.345 e. The molecule has 3 heterocycles. The van der Waals surface area contributed by atoms with Crippen LogP contribution in [0.4, 0.5) is 0 Å². The summed E-state index contributed by atoms with van der Waals surface area (Å²) in [4.78, 5) is 16.4. The molecule has 0 saturated carbocycles. The first-order chi connectivity index (χ1) is 9.65. The van der Waals surface area contributed by atoms with Gasteiger partial charge in [-0.2, -0.15) is 0 Å². The maximum atomic E-state index is 12.2. The zero-order valence-corrected chi connectivity index (χ0v) is 12.3. The Balaban J connectivity index is 1.79.